The molecule has 0 spiro atoms. The van der Waals surface area contributed by atoms with Crippen LogP contribution in [0, 0.1) is 11.8 Å². The van der Waals surface area contributed by atoms with Crippen LogP contribution in [0.5, 0.6) is 5.75 Å². The van der Waals surface area contributed by atoms with E-state index in [0.29, 0.717) is 29.2 Å². The number of fused-ring (bicyclic) bond motifs is 1. The minimum Gasteiger partial charge on any atom is -0.482 e. The van der Waals surface area contributed by atoms with Gasteiger partial charge < -0.3 is 19.7 Å². The molecule has 29 heavy (non-hydrogen) atoms. The number of aliphatic hydroxyl groups is 1. The van der Waals surface area contributed by atoms with E-state index in [2.05, 4.69) is 9.80 Å². The van der Waals surface area contributed by atoms with E-state index < -0.39 is 5.97 Å². The Hall–Kier alpha value is -1.38. The molecule has 0 radical (unpaired) electrons. The number of rotatable bonds is 6. The van der Waals surface area contributed by atoms with Gasteiger partial charge in [0.1, 0.15) is 5.75 Å². The quantitative estimate of drug-likeness (QED) is 0.719. The first-order valence-corrected chi connectivity index (χ1v) is 10.7. The molecule has 1 aromatic carbocycles. The maximum Gasteiger partial charge on any atom is 0.341 e. The molecule has 2 N–H and O–H groups in total. The summed E-state index contributed by atoms with van der Waals surface area (Å²) in [5, 5.41) is 20.3. The highest BCUT2D eigenvalue weighted by molar-refractivity contribution is 6.30. The average Bonchev–Trinajstić information content (AvgIpc) is 3.08. The van der Waals surface area contributed by atoms with Gasteiger partial charge in [-0.05, 0) is 42.9 Å². The maximum absolute atomic E-state index is 10.9. The molecule has 2 aliphatic heterocycles. The fraction of sp³-hybridized carbons (Fsp3) is 0.667. The molecule has 1 aliphatic carbocycles. The van der Waals surface area contributed by atoms with Crippen LogP contribution in [0.15, 0.2) is 18.2 Å². The van der Waals surface area contributed by atoms with Gasteiger partial charge in [-0.2, -0.15) is 0 Å². The summed E-state index contributed by atoms with van der Waals surface area (Å²) in [5.74, 6) is 0.623. The Labute approximate surface area is 176 Å². The van der Waals surface area contributed by atoms with Crippen molar-refractivity contribution in [2.75, 3.05) is 46.0 Å². The number of likely N-dealkylation sites (tertiary alicyclic amines) is 1. The molecule has 0 bridgehead atoms. The highest BCUT2D eigenvalue weighted by Crippen LogP contribution is 2.39. The van der Waals surface area contributed by atoms with Crippen molar-refractivity contribution >= 4 is 17.6 Å². The van der Waals surface area contributed by atoms with Crippen molar-refractivity contribution in [3.8, 4) is 5.75 Å². The lowest BCUT2D eigenvalue weighted by Gasteiger charge is -2.43. The third kappa shape index (κ3) is 5.03. The number of carbonyl (C=O) groups is 1. The first-order chi connectivity index (χ1) is 14.0. The van der Waals surface area contributed by atoms with Crippen LogP contribution >= 0.6 is 11.6 Å². The molecule has 1 aromatic rings. The molecule has 2 saturated heterocycles. The smallest absolute Gasteiger partial charge is 0.341 e. The Morgan fingerprint density at radius 3 is 2.66 bits per heavy atom. The van der Waals surface area contributed by atoms with Crippen LogP contribution in [0.25, 0.3) is 0 Å². The van der Waals surface area contributed by atoms with Gasteiger partial charge in [-0.25, -0.2) is 4.79 Å². The summed E-state index contributed by atoms with van der Waals surface area (Å²) in [6.07, 6.45) is 1.57. The standard InChI is InChI=1S/C21H29ClN2O5/c22-17-1-2-20(29-13-21(26)27)16(7-17)12-23-10-14-8-18(19(25)9-15(14)11-23)24-3-5-28-6-4-24/h1-2,7,14-15,18-19,25H,3-6,8-13H2,(H,26,27)/t14-,15+,18-,19-/m1/s1. The van der Waals surface area contributed by atoms with Crippen molar-refractivity contribution in [2.45, 2.75) is 31.5 Å². The van der Waals surface area contributed by atoms with Crippen LogP contribution < -0.4 is 4.74 Å². The summed E-state index contributed by atoms with van der Waals surface area (Å²) in [7, 11) is 0. The molecule has 3 fully saturated rings. The predicted molar refractivity (Wildman–Crippen MR) is 108 cm³/mol. The van der Waals surface area contributed by atoms with E-state index in [1.807, 2.05) is 6.07 Å². The number of aliphatic hydroxyl groups excluding tert-OH is 1. The van der Waals surface area contributed by atoms with Gasteiger partial charge >= 0.3 is 5.97 Å². The van der Waals surface area contributed by atoms with Crippen LogP contribution in [0.2, 0.25) is 5.02 Å². The minimum absolute atomic E-state index is 0.223. The molecule has 160 valence electrons. The largest absolute Gasteiger partial charge is 0.482 e. The van der Waals surface area contributed by atoms with Crippen molar-refractivity contribution in [1.82, 2.24) is 9.80 Å². The number of hydrogen-bond donors (Lipinski definition) is 2. The van der Waals surface area contributed by atoms with Gasteiger partial charge in [-0.15, -0.1) is 0 Å². The van der Waals surface area contributed by atoms with Crippen molar-refractivity contribution < 1.29 is 24.5 Å². The van der Waals surface area contributed by atoms with E-state index >= 15 is 0 Å². The second-order valence-electron chi connectivity index (χ2n) is 8.40. The zero-order valence-corrected chi connectivity index (χ0v) is 17.3. The number of carboxylic acids is 1. The zero-order chi connectivity index (χ0) is 20.4. The SMILES string of the molecule is O=C(O)COc1ccc(Cl)cc1CN1C[C@H]2C[C@@H](N3CCOCC3)[C@H](O)C[C@H]2C1. The van der Waals surface area contributed by atoms with Crippen LogP contribution in [0.4, 0.5) is 0 Å². The molecule has 2 heterocycles. The third-order valence-corrected chi connectivity index (χ3v) is 6.70. The summed E-state index contributed by atoms with van der Waals surface area (Å²) >= 11 is 6.17. The summed E-state index contributed by atoms with van der Waals surface area (Å²) in [5.41, 5.74) is 0.905. The van der Waals surface area contributed by atoms with E-state index in [1.165, 1.54) is 0 Å². The van der Waals surface area contributed by atoms with Crippen molar-refractivity contribution in [2.24, 2.45) is 11.8 Å². The summed E-state index contributed by atoms with van der Waals surface area (Å²) < 4.78 is 10.9. The van der Waals surface area contributed by atoms with Gasteiger partial charge in [0.15, 0.2) is 6.61 Å². The Morgan fingerprint density at radius 2 is 1.93 bits per heavy atom. The normalized spacial score (nSPS) is 30.8. The molecule has 1 saturated carbocycles. The lowest BCUT2D eigenvalue weighted by molar-refractivity contribution is -0.139. The van der Waals surface area contributed by atoms with Crippen molar-refractivity contribution in [3.63, 3.8) is 0 Å². The maximum atomic E-state index is 10.9. The Bertz CT molecular complexity index is 727. The van der Waals surface area contributed by atoms with Gasteiger partial charge in [0.05, 0.1) is 19.3 Å². The Balaban J connectivity index is 1.40. The molecular formula is C21H29ClN2O5. The number of morpholine rings is 1. The number of halogens is 1. The molecule has 4 rings (SSSR count). The fourth-order valence-electron chi connectivity index (χ4n) is 5.13. The highest BCUT2D eigenvalue weighted by Gasteiger charge is 2.43. The van der Waals surface area contributed by atoms with E-state index in [0.717, 1.165) is 57.8 Å². The molecule has 7 nitrogen and oxygen atoms in total. The number of benzene rings is 1. The molecule has 8 heteroatoms. The van der Waals surface area contributed by atoms with E-state index in [4.69, 9.17) is 26.2 Å². The lowest BCUT2D eigenvalue weighted by Crippen LogP contribution is -2.53. The number of ether oxygens (including phenoxy) is 2. The second-order valence-corrected chi connectivity index (χ2v) is 8.84. The van der Waals surface area contributed by atoms with Gasteiger partial charge in [-0.3, -0.25) is 9.80 Å². The minimum atomic E-state index is -0.999. The molecule has 0 aromatic heterocycles. The lowest BCUT2D eigenvalue weighted by atomic mass is 9.77. The second kappa shape index (κ2) is 9.18. The monoisotopic (exact) mass is 424 g/mol. The average molecular weight is 425 g/mol. The van der Waals surface area contributed by atoms with Crippen LogP contribution in [0.3, 0.4) is 0 Å². The topological polar surface area (TPSA) is 82.5 Å². The molecular weight excluding hydrogens is 396 g/mol. The molecule has 0 amide bonds. The summed E-state index contributed by atoms with van der Waals surface area (Å²) in [6.45, 7) is 5.50. The van der Waals surface area contributed by atoms with E-state index in [9.17, 15) is 9.90 Å². The molecule has 0 unspecified atom stereocenters. The first-order valence-electron chi connectivity index (χ1n) is 10.3. The predicted octanol–water partition coefficient (Wildman–Crippen LogP) is 1.71. The molecule has 3 aliphatic rings. The zero-order valence-electron chi connectivity index (χ0n) is 16.5. The summed E-state index contributed by atoms with van der Waals surface area (Å²) in [6, 6.07) is 5.53. The van der Waals surface area contributed by atoms with Gasteiger partial charge in [0.2, 0.25) is 0 Å². The fourth-order valence-corrected chi connectivity index (χ4v) is 5.32. The van der Waals surface area contributed by atoms with Crippen LogP contribution in [0.1, 0.15) is 18.4 Å². The van der Waals surface area contributed by atoms with Crippen LogP contribution in [-0.4, -0.2) is 84.1 Å². The van der Waals surface area contributed by atoms with Crippen LogP contribution in [-0.2, 0) is 16.1 Å². The van der Waals surface area contributed by atoms with Gasteiger partial charge in [0.25, 0.3) is 0 Å². The summed E-state index contributed by atoms with van der Waals surface area (Å²) in [4.78, 5) is 15.6. The number of aliphatic carboxylic acids is 1. The van der Waals surface area contributed by atoms with Gasteiger partial charge in [-0.1, -0.05) is 11.6 Å². The van der Waals surface area contributed by atoms with Crippen molar-refractivity contribution in [3.05, 3.63) is 28.8 Å². The van der Waals surface area contributed by atoms with Crippen molar-refractivity contribution in [1.29, 1.82) is 0 Å². The number of nitrogens with zero attached hydrogens (tertiary/aromatic N) is 2. The van der Waals surface area contributed by atoms with E-state index in [-0.39, 0.29) is 18.8 Å². The molecule has 4 atom stereocenters. The number of carboxylic acid groups (broad SMARTS) is 1. The number of hydrogen-bond acceptors (Lipinski definition) is 6. The first kappa shape index (κ1) is 20.9. The Kier molecular flexibility index (Phi) is 6.61. The Morgan fingerprint density at radius 1 is 1.21 bits per heavy atom. The third-order valence-electron chi connectivity index (χ3n) is 6.47. The van der Waals surface area contributed by atoms with Gasteiger partial charge in [0, 0.05) is 49.4 Å². The highest BCUT2D eigenvalue weighted by atomic mass is 35.5. The van der Waals surface area contributed by atoms with E-state index in [1.54, 1.807) is 12.1 Å².